The van der Waals surface area contributed by atoms with E-state index in [1.165, 1.54) is 5.56 Å². The van der Waals surface area contributed by atoms with Gasteiger partial charge in [0.1, 0.15) is 6.10 Å². The lowest BCUT2D eigenvalue weighted by Gasteiger charge is -2.23. The summed E-state index contributed by atoms with van der Waals surface area (Å²) >= 11 is 0. The molecule has 5 heteroatoms. The smallest absolute Gasteiger partial charge is 0.119 e. The fraction of sp³-hybridized carbons (Fsp3) is 0.375. The highest BCUT2D eigenvalue weighted by Crippen LogP contribution is 2.35. The van der Waals surface area contributed by atoms with Crippen LogP contribution in [0.1, 0.15) is 35.8 Å². The van der Waals surface area contributed by atoms with Crippen molar-refractivity contribution >= 4 is 21.8 Å². The summed E-state index contributed by atoms with van der Waals surface area (Å²) in [4.78, 5) is 4.64. The number of aliphatic hydroxyl groups is 2. The maximum Gasteiger partial charge on any atom is 0.119 e. The Balaban J connectivity index is 2.12. The molecule has 2 heterocycles. The van der Waals surface area contributed by atoms with E-state index in [1.807, 2.05) is 18.3 Å². The Morgan fingerprint density at radius 2 is 2.00 bits per heavy atom. The quantitative estimate of drug-likeness (QED) is 0.672. The molecule has 1 atom stereocenters. The molecule has 5 nitrogen and oxygen atoms in total. The molecule has 2 aromatic heterocycles. The molecule has 108 valence electrons. The maximum atomic E-state index is 10.1. The lowest BCUT2D eigenvalue weighted by Crippen LogP contribution is -2.15. The number of pyridine rings is 1. The summed E-state index contributed by atoms with van der Waals surface area (Å²) in [6.07, 6.45) is 5.10. The number of nitrogens with zero attached hydrogens (tertiary/aromatic N) is 2. The Morgan fingerprint density at radius 1 is 1.19 bits per heavy atom. The molecular weight excluding hydrogens is 266 g/mol. The molecule has 0 aliphatic heterocycles. The van der Waals surface area contributed by atoms with Crippen LogP contribution in [0.3, 0.4) is 0 Å². The zero-order valence-electron chi connectivity index (χ0n) is 11.6. The minimum absolute atomic E-state index is 0.293. The number of aromatic amines is 1. The molecule has 21 heavy (non-hydrogen) atoms. The molecule has 1 aliphatic carbocycles. The zero-order valence-corrected chi connectivity index (χ0v) is 11.6. The van der Waals surface area contributed by atoms with Crippen molar-refractivity contribution in [3.05, 3.63) is 35.2 Å². The topological polar surface area (TPSA) is 82.0 Å². The van der Waals surface area contributed by atoms with Crippen molar-refractivity contribution in [3.8, 4) is 0 Å². The van der Waals surface area contributed by atoms with Crippen molar-refractivity contribution < 1.29 is 10.2 Å². The van der Waals surface area contributed by atoms with E-state index in [0.29, 0.717) is 5.69 Å². The largest absolute Gasteiger partial charge is 0.393 e. The average molecular weight is 283 g/mol. The second kappa shape index (κ2) is 4.79. The maximum absolute atomic E-state index is 10.1. The van der Waals surface area contributed by atoms with Crippen LogP contribution in [0, 0.1) is 0 Å². The molecular formula is C16H17N3O2. The van der Waals surface area contributed by atoms with Crippen LogP contribution in [-0.2, 0) is 12.8 Å². The first-order chi connectivity index (χ1) is 10.3. The first-order valence-corrected chi connectivity index (χ1v) is 7.36. The predicted molar refractivity (Wildman–Crippen MR) is 80.1 cm³/mol. The third-order valence-electron chi connectivity index (χ3n) is 4.41. The zero-order chi connectivity index (χ0) is 14.4. The van der Waals surface area contributed by atoms with Crippen molar-refractivity contribution in [2.75, 3.05) is 6.61 Å². The van der Waals surface area contributed by atoms with Crippen LogP contribution in [0.2, 0.25) is 0 Å². The Labute approximate surface area is 121 Å². The Morgan fingerprint density at radius 3 is 2.81 bits per heavy atom. The molecule has 0 spiro atoms. The summed E-state index contributed by atoms with van der Waals surface area (Å²) in [5.41, 5.74) is 4.90. The monoisotopic (exact) mass is 283 g/mol. The number of nitrogens with one attached hydrogen (secondary N) is 1. The van der Waals surface area contributed by atoms with Crippen molar-refractivity contribution in [3.63, 3.8) is 0 Å². The molecule has 4 rings (SSSR count). The van der Waals surface area contributed by atoms with Crippen molar-refractivity contribution in [2.24, 2.45) is 0 Å². The molecule has 0 fully saturated rings. The average Bonchev–Trinajstić information content (AvgIpc) is 3.01. The van der Waals surface area contributed by atoms with Gasteiger partial charge < -0.3 is 10.2 Å². The Kier molecular flexibility index (Phi) is 2.90. The number of hydrogen-bond donors (Lipinski definition) is 3. The minimum Gasteiger partial charge on any atom is -0.393 e. The normalized spacial score (nSPS) is 16.3. The number of benzene rings is 1. The van der Waals surface area contributed by atoms with Crippen LogP contribution < -0.4 is 0 Å². The van der Waals surface area contributed by atoms with Crippen LogP contribution in [0.5, 0.6) is 0 Å². The van der Waals surface area contributed by atoms with E-state index in [-0.39, 0.29) is 6.61 Å². The summed E-state index contributed by atoms with van der Waals surface area (Å²) in [6, 6.07) is 3.92. The van der Waals surface area contributed by atoms with E-state index < -0.39 is 6.10 Å². The summed E-state index contributed by atoms with van der Waals surface area (Å²) in [5.74, 6) is 0. The van der Waals surface area contributed by atoms with Crippen LogP contribution in [-0.4, -0.2) is 32.0 Å². The summed E-state index contributed by atoms with van der Waals surface area (Å²) in [5, 5.41) is 28.7. The van der Waals surface area contributed by atoms with Crippen LogP contribution in [0.25, 0.3) is 21.8 Å². The highest BCUT2D eigenvalue weighted by atomic mass is 16.3. The van der Waals surface area contributed by atoms with Gasteiger partial charge in [-0.2, -0.15) is 5.10 Å². The van der Waals surface area contributed by atoms with Crippen LogP contribution >= 0.6 is 0 Å². The number of aryl methyl sites for hydroxylation is 1. The molecule has 0 radical (unpaired) electrons. The van der Waals surface area contributed by atoms with Crippen molar-refractivity contribution in [1.82, 2.24) is 15.2 Å². The number of aromatic nitrogens is 3. The number of fused-ring (bicyclic) bond motifs is 5. The fourth-order valence-electron chi connectivity index (χ4n) is 3.44. The summed E-state index contributed by atoms with van der Waals surface area (Å²) in [6.45, 7) is -0.293. The highest BCUT2D eigenvalue weighted by molar-refractivity contribution is 6.06. The molecule has 1 unspecified atom stereocenters. The fourth-order valence-corrected chi connectivity index (χ4v) is 3.44. The second-order valence-corrected chi connectivity index (χ2v) is 5.65. The number of hydrogen-bond acceptors (Lipinski definition) is 4. The molecule has 1 aliphatic rings. The number of rotatable bonds is 2. The van der Waals surface area contributed by atoms with Gasteiger partial charge in [-0.05, 0) is 48.9 Å². The third kappa shape index (κ3) is 1.85. The van der Waals surface area contributed by atoms with E-state index in [4.69, 9.17) is 0 Å². The van der Waals surface area contributed by atoms with Gasteiger partial charge >= 0.3 is 0 Å². The molecule has 0 saturated heterocycles. The van der Waals surface area contributed by atoms with Crippen LogP contribution in [0.4, 0.5) is 0 Å². The molecule has 0 saturated carbocycles. The summed E-state index contributed by atoms with van der Waals surface area (Å²) in [7, 11) is 0. The molecule has 1 aromatic carbocycles. The van der Waals surface area contributed by atoms with E-state index in [9.17, 15) is 10.2 Å². The number of aliphatic hydroxyl groups excluding tert-OH is 2. The Hall–Kier alpha value is -1.98. The predicted octanol–water partition coefficient (Wildman–Crippen LogP) is 2.02. The van der Waals surface area contributed by atoms with Gasteiger partial charge in [-0.15, -0.1) is 0 Å². The van der Waals surface area contributed by atoms with Gasteiger partial charge in [0.05, 0.1) is 29.5 Å². The van der Waals surface area contributed by atoms with Gasteiger partial charge in [0.25, 0.3) is 0 Å². The van der Waals surface area contributed by atoms with E-state index in [1.54, 1.807) is 0 Å². The lowest BCUT2D eigenvalue weighted by molar-refractivity contribution is 0.0915. The highest BCUT2D eigenvalue weighted by Gasteiger charge is 2.23. The minimum atomic E-state index is -0.902. The standard InChI is InChI=1S/C16H17N3O2/c20-8-14(21)16-10-4-2-1-3-9(10)15-11-7-17-19-12(11)5-6-13(15)18-16/h5-7,14,20-21H,1-4,8H2,(H,17,19). The van der Waals surface area contributed by atoms with Crippen molar-refractivity contribution in [1.29, 1.82) is 0 Å². The summed E-state index contributed by atoms with van der Waals surface area (Å²) < 4.78 is 0. The first-order valence-electron chi connectivity index (χ1n) is 7.36. The van der Waals surface area contributed by atoms with E-state index in [0.717, 1.165) is 53.1 Å². The molecule has 3 aromatic rings. The van der Waals surface area contributed by atoms with Gasteiger partial charge in [-0.3, -0.25) is 5.10 Å². The van der Waals surface area contributed by atoms with Gasteiger partial charge in [0.15, 0.2) is 0 Å². The molecule has 0 bridgehead atoms. The second-order valence-electron chi connectivity index (χ2n) is 5.65. The lowest BCUT2D eigenvalue weighted by atomic mass is 9.86. The van der Waals surface area contributed by atoms with Gasteiger partial charge in [0.2, 0.25) is 0 Å². The van der Waals surface area contributed by atoms with E-state index in [2.05, 4.69) is 15.2 Å². The van der Waals surface area contributed by atoms with Gasteiger partial charge in [0, 0.05) is 10.8 Å². The van der Waals surface area contributed by atoms with Crippen LogP contribution in [0.15, 0.2) is 18.3 Å². The number of H-pyrrole nitrogens is 1. The van der Waals surface area contributed by atoms with Gasteiger partial charge in [-0.25, -0.2) is 4.98 Å². The van der Waals surface area contributed by atoms with Crippen molar-refractivity contribution in [2.45, 2.75) is 31.8 Å². The Bertz CT molecular complexity index is 825. The SMILES string of the molecule is OCC(O)c1nc2ccc3[nH]ncc3c2c2c1CCCC2. The first kappa shape index (κ1) is 12.7. The third-order valence-corrected chi connectivity index (χ3v) is 4.41. The molecule has 0 amide bonds. The van der Waals surface area contributed by atoms with Gasteiger partial charge in [-0.1, -0.05) is 0 Å². The van der Waals surface area contributed by atoms with E-state index >= 15 is 0 Å². The molecule has 3 N–H and O–H groups in total.